The van der Waals surface area contributed by atoms with E-state index in [1.165, 1.54) is 7.11 Å². The predicted octanol–water partition coefficient (Wildman–Crippen LogP) is 6.24. The fourth-order valence-electron chi connectivity index (χ4n) is 2.47. The first-order valence-corrected chi connectivity index (χ1v) is 10.6. The van der Waals surface area contributed by atoms with E-state index in [-0.39, 0.29) is 5.01 Å². The quantitative estimate of drug-likeness (QED) is 0.429. The molecule has 1 N–H and O–H groups in total. The van der Waals surface area contributed by atoms with Gasteiger partial charge in [0.05, 0.1) is 23.8 Å². The summed E-state index contributed by atoms with van der Waals surface area (Å²) in [4.78, 5) is 12.4. The highest BCUT2D eigenvalue weighted by Crippen LogP contribution is 2.37. The summed E-state index contributed by atoms with van der Waals surface area (Å²) in [6.07, 6.45) is 1.66. The lowest BCUT2D eigenvalue weighted by Crippen LogP contribution is -2.11. The summed E-state index contributed by atoms with van der Waals surface area (Å²) in [6.45, 7) is 2.32. The molecule has 3 aromatic rings. The maximum absolute atomic E-state index is 12.4. The largest absolute Gasteiger partial charge is 0.491 e. The van der Waals surface area contributed by atoms with Crippen molar-refractivity contribution in [3.05, 3.63) is 62.0 Å². The first-order chi connectivity index (χ1) is 14.4. The van der Waals surface area contributed by atoms with Crippen LogP contribution in [0.3, 0.4) is 0 Å². The molecule has 0 aliphatic carbocycles. The number of nitrogens with zero attached hydrogens (tertiary/aromatic N) is 2. The van der Waals surface area contributed by atoms with Crippen LogP contribution in [-0.4, -0.2) is 29.8 Å². The van der Waals surface area contributed by atoms with Crippen molar-refractivity contribution in [3.63, 3.8) is 0 Å². The number of anilines is 1. The molecule has 0 unspecified atom stereocenters. The minimum absolute atomic E-state index is 0.175. The maximum atomic E-state index is 12.4. The summed E-state index contributed by atoms with van der Waals surface area (Å²) in [5.74, 6) is 0.559. The number of amides is 1. The summed E-state index contributed by atoms with van der Waals surface area (Å²) in [6, 6.07) is 10.2. The number of halogens is 3. The first kappa shape index (κ1) is 22.4. The van der Waals surface area contributed by atoms with Gasteiger partial charge < -0.3 is 14.8 Å². The number of hydrogen-bond acceptors (Lipinski definition) is 6. The van der Waals surface area contributed by atoms with Gasteiger partial charge in [0.2, 0.25) is 5.01 Å². The van der Waals surface area contributed by atoms with Crippen LogP contribution in [0.2, 0.25) is 10.0 Å². The fraction of sp³-hybridized carbons (Fsp3) is 0.150. The molecule has 0 fully saturated rings. The van der Waals surface area contributed by atoms with Crippen LogP contribution in [0.25, 0.3) is 11.1 Å². The van der Waals surface area contributed by atoms with E-state index in [1.54, 1.807) is 42.5 Å². The summed E-state index contributed by atoms with van der Waals surface area (Å²) >= 11 is 19.6. The molecule has 156 valence electrons. The van der Waals surface area contributed by atoms with Crippen LogP contribution in [0.15, 0.2) is 36.4 Å². The van der Waals surface area contributed by atoms with Crippen molar-refractivity contribution >= 4 is 68.8 Å². The van der Waals surface area contributed by atoms with Gasteiger partial charge in [-0.3, -0.25) is 4.79 Å². The van der Waals surface area contributed by atoms with Crippen LogP contribution in [0.1, 0.15) is 27.3 Å². The Balaban J connectivity index is 1.80. The Morgan fingerprint density at radius 2 is 1.87 bits per heavy atom. The minimum atomic E-state index is -0.392. The molecular formula is C20H16Cl3N3O3S. The summed E-state index contributed by atoms with van der Waals surface area (Å²) in [7, 11) is 1.52. The first-order valence-electron chi connectivity index (χ1n) is 8.69. The molecule has 6 nitrogen and oxygen atoms in total. The van der Waals surface area contributed by atoms with Gasteiger partial charge in [0, 0.05) is 10.7 Å². The highest BCUT2D eigenvalue weighted by molar-refractivity contribution is 7.15. The molecule has 0 aliphatic rings. The minimum Gasteiger partial charge on any atom is -0.491 e. The molecule has 1 heterocycles. The van der Waals surface area contributed by atoms with Gasteiger partial charge in [-0.05, 0) is 55.0 Å². The third-order valence-electron chi connectivity index (χ3n) is 3.75. The number of aromatic nitrogens is 2. The number of methoxy groups -OCH3 is 1. The standard InChI is InChI=1S/C20H16Cl3N3O3S/c1-3-29-16-10-11(8-14(22)17(16)28-2)9-15(23)19-25-26-20(30-19)18(27)24-13-6-4-12(21)5-7-13/h4-10H,3H2,1-2H3,(H,24,27)/b15-9-. The molecule has 2 aromatic carbocycles. The number of ether oxygens (including phenoxy) is 2. The van der Waals surface area contributed by atoms with E-state index >= 15 is 0 Å². The second kappa shape index (κ2) is 10.1. The number of rotatable bonds is 7. The summed E-state index contributed by atoms with van der Waals surface area (Å²) < 4.78 is 10.8. The molecule has 10 heteroatoms. The molecule has 1 amide bonds. The summed E-state index contributed by atoms with van der Waals surface area (Å²) in [5.41, 5.74) is 1.29. The molecule has 0 atom stereocenters. The van der Waals surface area contributed by atoms with E-state index in [1.807, 2.05) is 6.92 Å². The van der Waals surface area contributed by atoms with Crippen LogP contribution >= 0.6 is 46.1 Å². The van der Waals surface area contributed by atoms with Gasteiger partial charge in [0.1, 0.15) is 0 Å². The normalized spacial score (nSPS) is 11.3. The van der Waals surface area contributed by atoms with Gasteiger partial charge in [-0.1, -0.05) is 46.1 Å². The number of nitrogens with one attached hydrogen (secondary N) is 1. The van der Waals surface area contributed by atoms with Crippen LogP contribution in [0.5, 0.6) is 11.5 Å². The fourth-order valence-corrected chi connectivity index (χ4v) is 3.82. The highest BCUT2D eigenvalue weighted by atomic mass is 35.5. The molecule has 0 spiro atoms. The lowest BCUT2D eigenvalue weighted by atomic mass is 10.2. The zero-order valence-corrected chi connectivity index (χ0v) is 19.0. The number of carbonyl (C=O) groups is 1. The smallest absolute Gasteiger partial charge is 0.286 e. The average Bonchev–Trinajstić information content (AvgIpc) is 3.20. The van der Waals surface area contributed by atoms with Crippen molar-refractivity contribution in [2.24, 2.45) is 0 Å². The second-order valence-electron chi connectivity index (χ2n) is 5.83. The van der Waals surface area contributed by atoms with E-state index in [9.17, 15) is 4.79 Å². The third kappa shape index (κ3) is 5.43. The van der Waals surface area contributed by atoms with Gasteiger partial charge in [0.15, 0.2) is 16.5 Å². The van der Waals surface area contributed by atoms with Gasteiger partial charge >= 0.3 is 0 Å². The Morgan fingerprint density at radius 1 is 1.17 bits per heavy atom. The lowest BCUT2D eigenvalue weighted by molar-refractivity contribution is 0.102. The molecule has 3 rings (SSSR count). The lowest BCUT2D eigenvalue weighted by Gasteiger charge is -2.11. The van der Waals surface area contributed by atoms with Crippen LogP contribution in [0, 0.1) is 0 Å². The van der Waals surface area contributed by atoms with Crippen molar-refractivity contribution in [1.82, 2.24) is 10.2 Å². The Hall–Kier alpha value is -2.32. The Labute approximate surface area is 192 Å². The van der Waals surface area contributed by atoms with Crippen LogP contribution in [0.4, 0.5) is 5.69 Å². The van der Waals surface area contributed by atoms with E-state index in [0.717, 1.165) is 11.3 Å². The van der Waals surface area contributed by atoms with Gasteiger partial charge in [0.25, 0.3) is 5.91 Å². The molecule has 0 bridgehead atoms. The predicted molar refractivity (Wildman–Crippen MR) is 122 cm³/mol. The Morgan fingerprint density at radius 3 is 2.53 bits per heavy atom. The van der Waals surface area contributed by atoms with Gasteiger partial charge in [-0.25, -0.2) is 0 Å². The van der Waals surface area contributed by atoms with Crippen molar-refractivity contribution in [1.29, 1.82) is 0 Å². The highest BCUT2D eigenvalue weighted by Gasteiger charge is 2.16. The van der Waals surface area contributed by atoms with Crippen molar-refractivity contribution in [2.75, 3.05) is 19.0 Å². The summed E-state index contributed by atoms with van der Waals surface area (Å²) in [5, 5.41) is 12.5. The molecule has 0 radical (unpaired) electrons. The van der Waals surface area contributed by atoms with E-state index in [2.05, 4.69) is 15.5 Å². The molecule has 0 saturated carbocycles. The van der Waals surface area contributed by atoms with Crippen molar-refractivity contribution in [3.8, 4) is 11.5 Å². The number of hydrogen-bond donors (Lipinski definition) is 1. The number of benzene rings is 2. The molecule has 30 heavy (non-hydrogen) atoms. The maximum Gasteiger partial charge on any atom is 0.286 e. The Bertz CT molecular complexity index is 1080. The molecule has 0 aliphatic heterocycles. The van der Waals surface area contributed by atoms with E-state index < -0.39 is 5.91 Å². The molecule has 1 aromatic heterocycles. The zero-order valence-electron chi connectivity index (χ0n) is 15.9. The monoisotopic (exact) mass is 483 g/mol. The van der Waals surface area contributed by atoms with Crippen molar-refractivity contribution in [2.45, 2.75) is 6.92 Å². The van der Waals surface area contributed by atoms with E-state index in [0.29, 0.717) is 49.4 Å². The van der Waals surface area contributed by atoms with E-state index in [4.69, 9.17) is 44.3 Å². The third-order valence-corrected chi connectivity index (χ3v) is 5.64. The SMILES string of the molecule is CCOc1cc(/C=C(\Cl)c2nnc(C(=O)Nc3ccc(Cl)cc3)s2)cc(Cl)c1OC. The van der Waals surface area contributed by atoms with Gasteiger partial charge in [-0.2, -0.15) is 0 Å². The van der Waals surface area contributed by atoms with Gasteiger partial charge in [-0.15, -0.1) is 10.2 Å². The van der Waals surface area contributed by atoms with Crippen LogP contribution in [-0.2, 0) is 0 Å². The van der Waals surface area contributed by atoms with Crippen molar-refractivity contribution < 1.29 is 14.3 Å². The number of carbonyl (C=O) groups excluding carboxylic acids is 1. The molecule has 0 saturated heterocycles. The zero-order chi connectivity index (χ0) is 21.7. The second-order valence-corrected chi connectivity index (χ2v) is 8.06. The van der Waals surface area contributed by atoms with Crippen LogP contribution < -0.4 is 14.8 Å². The topological polar surface area (TPSA) is 73.3 Å². The molecular weight excluding hydrogens is 469 g/mol. The Kier molecular flexibility index (Phi) is 7.55. The average molecular weight is 485 g/mol.